The number of hydrogen-bond donors (Lipinski definition) is 2. The minimum Gasteiger partial charge on any atom is -0.453 e. The van der Waals surface area contributed by atoms with E-state index in [-0.39, 0.29) is 0 Å². The van der Waals surface area contributed by atoms with Crippen molar-refractivity contribution in [3.63, 3.8) is 0 Å². The summed E-state index contributed by atoms with van der Waals surface area (Å²) in [6.45, 7) is -1.08. The van der Waals surface area contributed by atoms with E-state index in [0.29, 0.717) is 0 Å². The molecule has 2 N–H and O–H groups in total. The Morgan fingerprint density at radius 3 is 2.11 bits per heavy atom. The van der Waals surface area contributed by atoms with Crippen LogP contribution in [0.5, 0.6) is 0 Å². The fraction of sp³-hybridized carbons (Fsp3) is 0.750. The molecule has 0 saturated heterocycles. The first kappa shape index (κ1) is 8.19. The van der Waals surface area contributed by atoms with E-state index in [0.717, 1.165) is 4.90 Å². The molecule has 0 heterocycles. The second kappa shape index (κ2) is 4.11. The summed E-state index contributed by atoms with van der Waals surface area (Å²) in [6, 6.07) is 0. The second-order valence-corrected chi connectivity index (χ2v) is 1.29. The van der Waals surface area contributed by atoms with Gasteiger partial charge in [0.15, 0.2) is 0 Å². The molecule has 0 aliphatic rings. The normalized spacial score (nSPS) is 8.78. The molecule has 0 saturated carbocycles. The van der Waals surface area contributed by atoms with Gasteiger partial charge in [0, 0.05) is 0 Å². The highest BCUT2D eigenvalue weighted by Gasteiger charge is 2.08. The summed E-state index contributed by atoms with van der Waals surface area (Å²) in [5.74, 6) is 0. The van der Waals surface area contributed by atoms with Gasteiger partial charge in [-0.3, -0.25) is 4.90 Å². The highest BCUT2D eigenvalue weighted by Crippen LogP contribution is 1.86. The van der Waals surface area contributed by atoms with E-state index in [1.807, 2.05) is 0 Å². The summed E-state index contributed by atoms with van der Waals surface area (Å²) in [6.07, 6.45) is -0.750. The third-order valence-electron chi connectivity index (χ3n) is 0.774. The van der Waals surface area contributed by atoms with E-state index in [2.05, 4.69) is 4.74 Å². The molecule has 0 aromatic rings. The average Bonchev–Trinajstić information content (AvgIpc) is 1.90. The number of nitrogens with zero attached hydrogens (tertiary/aromatic N) is 1. The lowest BCUT2D eigenvalue weighted by Gasteiger charge is -2.13. The standard InChI is InChI=1S/C4H9NO4/c1-9-4(8)5(2-6)3-7/h6-7H,2-3H2,1H3. The van der Waals surface area contributed by atoms with Gasteiger partial charge in [0.2, 0.25) is 0 Å². The first-order chi connectivity index (χ1) is 4.26. The maximum atomic E-state index is 10.4. The van der Waals surface area contributed by atoms with Crippen LogP contribution >= 0.6 is 0 Å². The molecule has 54 valence electrons. The van der Waals surface area contributed by atoms with E-state index in [4.69, 9.17) is 10.2 Å². The SMILES string of the molecule is COC(=O)N(CO)CO. The summed E-state index contributed by atoms with van der Waals surface area (Å²) in [5, 5.41) is 16.6. The van der Waals surface area contributed by atoms with Crippen LogP contribution in [-0.4, -0.2) is 41.8 Å². The zero-order valence-corrected chi connectivity index (χ0v) is 5.07. The number of amides is 1. The molecule has 0 rings (SSSR count). The van der Waals surface area contributed by atoms with Crippen molar-refractivity contribution in [2.45, 2.75) is 0 Å². The fourth-order valence-electron chi connectivity index (χ4n) is 0.289. The molecule has 0 atom stereocenters. The molecule has 0 aliphatic heterocycles. The molecule has 0 radical (unpaired) electrons. The Kier molecular flexibility index (Phi) is 3.74. The van der Waals surface area contributed by atoms with E-state index >= 15 is 0 Å². The van der Waals surface area contributed by atoms with Crippen LogP contribution in [0.4, 0.5) is 4.79 Å². The lowest BCUT2D eigenvalue weighted by atomic mass is 10.8. The van der Waals surface area contributed by atoms with Gasteiger partial charge in [-0.25, -0.2) is 4.79 Å². The lowest BCUT2D eigenvalue weighted by Crippen LogP contribution is -2.32. The van der Waals surface area contributed by atoms with Crippen LogP contribution in [0.15, 0.2) is 0 Å². The molecule has 0 unspecified atom stereocenters. The quantitative estimate of drug-likeness (QED) is 0.474. The van der Waals surface area contributed by atoms with Crippen LogP contribution in [0.3, 0.4) is 0 Å². The van der Waals surface area contributed by atoms with E-state index in [1.54, 1.807) is 0 Å². The van der Waals surface area contributed by atoms with Crippen molar-refractivity contribution in [2.75, 3.05) is 20.6 Å². The Morgan fingerprint density at radius 1 is 1.56 bits per heavy atom. The molecule has 0 aromatic heterocycles. The Labute approximate surface area is 52.5 Å². The van der Waals surface area contributed by atoms with E-state index in [9.17, 15) is 4.79 Å². The maximum absolute atomic E-state index is 10.4. The molecule has 0 spiro atoms. The first-order valence-electron chi connectivity index (χ1n) is 2.31. The van der Waals surface area contributed by atoms with Crippen LogP contribution in [-0.2, 0) is 4.74 Å². The predicted molar refractivity (Wildman–Crippen MR) is 28.4 cm³/mol. The molecular weight excluding hydrogens is 126 g/mol. The smallest absolute Gasteiger partial charge is 0.413 e. The van der Waals surface area contributed by atoms with Crippen LogP contribution in [0, 0.1) is 0 Å². The van der Waals surface area contributed by atoms with Gasteiger partial charge < -0.3 is 14.9 Å². The Balaban J connectivity index is 3.64. The zero-order chi connectivity index (χ0) is 7.28. The van der Waals surface area contributed by atoms with Gasteiger partial charge in [0.25, 0.3) is 0 Å². The highest BCUT2D eigenvalue weighted by molar-refractivity contribution is 5.66. The van der Waals surface area contributed by atoms with Crippen molar-refractivity contribution >= 4 is 6.09 Å². The van der Waals surface area contributed by atoms with Gasteiger partial charge in [-0.15, -0.1) is 0 Å². The number of methoxy groups -OCH3 is 1. The highest BCUT2D eigenvalue weighted by atomic mass is 16.5. The van der Waals surface area contributed by atoms with Crippen molar-refractivity contribution < 1.29 is 19.7 Å². The minimum atomic E-state index is -0.750. The monoisotopic (exact) mass is 135 g/mol. The van der Waals surface area contributed by atoms with Crippen molar-refractivity contribution in [2.24, 2.45) is 0 Å². The molecule has 0 fully saturated rings. The fourth-order valence-corrected chi connectivity index (χ4v) is 0.289. The third-order valence-corrected chi connectivity index (χ3v) is 0.774. The Morgan fingerprint density at radius 2 is 2.00 bits per heavy atom. The van der Waals surface area contributed by atoms with Crippen LogP contribution < -0.4 is 0 Å². The third kappa shape index (κ3) is 2.29. The first-order valence-corrected chi connectivity index (χ1v) is 2.31. The van der Waals surface area contributed by atoms with Gasteiger partial charge in [-0.2, -0.15) is 0 Å². The maximum Gasteiger partial charge on any atom is 0.413 e. The Bertz CT molecular complexity index is 90.6. The van der Waals surface area contributed by atoms with Gasteiger partial charge >= 0.3 is 6.09 Å². The number of aliphatic hydroxyl groups excluding tert-OH is 2. The summed E-state index contributed by atoms with van der Waals surface area (Å²) in [5.41, 5.74) is 0. The summed E-state index contributed by atoms with van der Waals surface area (Å²) in [7, 11) is 1.17. The van der Waals surface area contributed by atoms with Crippen molar-refractivity contribution in [1.82, 2.24) is 4.90 Å². The number of carbonyl (C=O) groups excluding carboxylic acids is 1. The zero-order valence-electron chi connectivity index (χ0n) is 5.07. The van der Waals surface area contributed by atoms with E-state index in [1.165, 1.54) is 7.11 Å². The number of rotatable bonds is 2. The van der Waals surface area contributed by atoms with Gasteiger partial charge in [0.1, 0.15) is 13.5 Å². The molecule has 0 bridgehead atoms. The molecule has 0 aliphatic carbocycles. The predicted octanol–water partition coefficient (Wildman–Crippen LogP) is -1.05. The van der Waals surface area contributed by atoms with Gasteiger partial charge in [-0.1, -0.05) is 0 Å². The number of aliphatic hydroxyl groups is 2. The van der Waals surface area contributed by atoms with Gasteiger partial charge in [0.05, 0.1) is 7.11 Å². The van der Waals surface area contributed by atoms with Crippen LogP contribution in [0.2, 0.25) is 0 Å². The molecular formula is C4H9NO4. The summed E-state index contributed by atoms with van der Waals surface area (Å²) in [4.78, 5) is 11.1. The topological polar surface area (TPSA) is 70.0 Å². The van der Waals surface area contributed by atoms with Crippen molar-refractivity contribution in [3.8, 4) is 0 Å². The number of hydrogen-bond acceptors (Lipinski definition) is 4. The summed E-state index contributed by atoms with van der Waals surface area (Å²) >= 11 is 0. The average molecular weight is 135 g/mol. The van der Waals surface area contributed by atoms with Gasteiger partial charge in [-0.05, 0) is 0 Å². The summed E-state index contributed by atoms with van der Waals surface area (Å²) < 4.78 is 4.16. The lowest BCUT2D eigenvalue weighted by molar-refractivity contribution is 0.0260. The van der Waals surface area contributed by atoms with Crippen LogP contribution in [0.25, 0.3) is 0 Å². The number of ether oxygens (including phenoxy) is 1. The molecule has 1 amide bonds. The van der Waals surface area contributed by atoms with Crippen molar-refractivity contribution in [3.05, 3.63) is 0 Å². The van der Waals surface area contributed by atoms with E-state index < -0.39 is 19.6 Å². The second-order valence-electron chi connectivity index (χ2n) is 1.29. The number of carbonyl (C=O) groups is 1. The minimum absolute atomic E-state index is 0.539. The molecule has 5 nitrogen and oxygen atoms in total. The largest absolute Gasteiger partial charge is 0.453 e. The van der Waals surface area contributed by atoms with Crippen molar-refractivity contribution in [1.29, 1.82) is 0 Å². The Hall–Kier alpha value is -0.810. The molecule has 9 heavy (non-hydrogen) atoms. The van der Waals surface area contributed by atoms with Crippen LogP contribution in [0.1, 0.15) is 0 Å². The molecule has 5 heteroatoms. The molecule has 0 aromatic carbocycles.